The molecule has 0 radical (unpaired) electrons. The zero-order chi connectivity index (χ0) is 18.5. The highest BCUT2D eigenvalue weighted by molar-refractivity contribution is 9.10. The van der Waals surface area contributed by atoms with Gasteiger partial charge in [-0.3, -0.25) is 9.36 Å². The number of halogens is 1. The third-order valence-corrected chi connectivity index (χ3v) is 4.42. The summed E-state index contributed by atoms with van der Waals surface area (Å²) < 4.78 is 2.67. The molecule has 0 bridgehead atoms. The fourth-order valence-corrected chi connectivity index (χ4v) is 2.96. The van der Waals surface area contributed by atoms with E-state index in [1.807, 2.05) is 48.9 Å². The molecule has 3 rings (SSSR count). The highest BCUT2D eigenvalue weighted by Crippen LogP contribution is 2.15. The molecule has 0 aliphatic rings. The maximum Gasteiger partial charge on any atom is 0.252 e. The first kappa shape index (κ1) is 18.1. The maximum absolute atomic E-state index is 12.2. The Morgan fingerprint density at radius 1 is 1.19 bits per heavy atom. The summed E-state index contributed by atoms with van der Waals surface area (Å²) >= 11 is 3.38. The van der Waals surface area contributed by atoms with Crippen molar-refractivity contribution < 1.29 is 4.79 Å². The van der Waals surface area contributed by atoms with Crippen molar-refractivity contribution in [3.8, 4) is 5.82 Å². The molecular weight excluding hydrogens is 396 g/mol. The lowest BCUT2D eigenvalue weighted by Gasteiger charge is -2.11. The molecule has 8 heteroatoms. The van der Waals surface area contributed by atoms with E-state index in [4.69, 9.17) is 0 Å². The standard InChI is InChI=1S/C18H19BrN6O/c1-12-23-16(11-17(24-12)25-10-9-20-13(25)2)21-7-8-22-18(26)14-5-3-4-6-15(14)19/h3-6,9-11H,7-8H2,1-2H3,(H,22,26)(H,21,23,24). The second-order valence-corrected chi connectivity index (χ2v) is 6.52. The number of nitrogens with one attached hydrogen (secondary N) is 2. The van der Waals surface area contributed by atoms with Crippen LogP contribution in [0.25, 0.3) is 5.82 Å². The first-order valence-electron chi connectivity index (χ1n) is 8.17. The zero-order valence-corrected chi connectivity index (χ0v) is 16.1. The van der Waals surface area contributed by atoms with Crippen LogP contribution >= 0.6 is 15.9 Å². The molecule has 7 nitrogen and oxygen atoms in total. The summed E-state index contributed by atoms with van der Waals surface area (Å²) in [5, 5.41) is 6.10. The second-order valence-electron chi connectivity index (χ2n) is 5.67. The largest absolute Gasteiger partial charge is 0.368 e. The molecule has 0 atom stereocenters. The normalized spacial score (nSPS) is 10.6. The Morgan fingerprint density at radius 2 is 2.00 bits per heavy atom. The van der Waals surface area contributed by atoms with Gasteiger partial charge in [-0.25, -0.2) is 15.0 Å². The summed E-state index contributed by atoms with van der Waals surface area (Å²) in [4.78, 5) is 25.2. The molecule has 26 heavy (non-hydrogen) atoms. The van der Waals surface area contributed by atoms with Crippen LogP contribution in [0, 0.1) is 13.8 Å². The number of nitrogens with zero attached hydrogens (tertiary/aromatic N) is 4. The van der Waals surface area contributed by atoms with Crippen LogP contribution in [0.5, 0.6) is 0 Å². The minimum Gasteiger partial charge on any atom is -0.368 e. The number of rotatable bonds is 6. The fraction of sp³-hybridized carbons (Fsp3) is 0.222. The molecule has 1 amide bonds. The fourth-order valence-electron chi connectivity index (χ4n) is 2.49. The minimum atomic E-state index is -0.118. The molecule has 0 saturated carbocycles. The SMILES string of the molecule is Cc1nc(NCCNC(=O)c2ccccc2Br)cc(-n2ccnc2C)n1. The summed E-state index contributed by atoms with van der Waals surface area (Å²) in [6.07, 6.45) is 3.59. The van der Waals surface area contributed by atoms with Crippen molar-refractivity contribution in [1.29, 1.82) is 0 Å². The minimum absolute atomic E-state index is 0.118. The summed E-state index contributed by atoms with van der Waals surface area (Å²) in [7, 11) is 0. The molecule has 0 saturated heterocycles. The van der Waals surface area contributed by atoms with Crippen molar-refractivity contribution in [3.05, 3.63) is 64.4 Å². The molecule has 2 aromatic heterocycles. The van der Waals surface area contributed by atoms with Gasteiger partial charge in [-0.05, 0) is 41.9 Å². The van der Waals surface area contributed by atoms with E-state index in [0.29, 0.717) is 30.3 Å². The van der Waals surface area contributed by atoms with E-state index < -0.39 is 0 Å². The molecule has 2 heterocycles. The molecule has 0 unspecified atom stereocenters. The van der Waals surface area contributed by atoms with Gasteiger partial charge in [0.2, 0.25) is 0 Å². The molecule has 0 aliphatic heterocycles. The predicted molar refractivity (Wildman–Crippen MR) is 104 cm³/mol. The monoisotopic (exact) mass is 414 g/mol. The second kappa shape index (κ2) is 8.09. The van der Waals surface area contributed by atoms with Gasteiger partial charge in [0.1, 0.15) is 23.3 Å². The Kier molecular flexibility index (Phi) is 5.62. The predicted octanol–water partition coefficient (Wildman–Crippen LogP) is 2.88. The number of aryl methyl sites for hydroxylation is 2. The summed E-state index contributed by atoms with van der Waals surface area (Å²) in [6.45, 7) is 4.79. The summed E-state index contributed by atoms with van der Waals surface area (Å²) in [5.74, 6) is 2.86. The maximum atomic E-state index is 12.2. The van der Waals surface area contributed by atoms with E-state index in [1.54, 1.807) is 12.3 Å². The van der Waals surface area contributed by atoms with Gasteiger partial charge in [0.05, 0.1) is 5.56 Å². The van der Waals surface area contributed by atoms with Crippen molar-refractivity contribution >= 4 is 27.7 Å². The first-order valence-corrected chi connectivity index (χ1v) is 8.96. The number of aromatic nitrogens is 4. The Balaban J connectivity index is 1.59. The van der Waals surface area contributed by atoms with Crippen molar-refractivity contribution in [2.75, 3.05) is 18.4 Å². The first-order chi connectivity index (χ1) is 12.5. The summed E-state index contributed by atoms with van der Waals surface area (Å²) in [5.41, 5.74) is 0.614. The van der Waals surface area contributed by atoms with Gasteiger partial charge in [-0.1, -0.05) is 12.1 Å². The zero-order valence-electron chi connectivity index (χ0n) is 14.5. The van der Waals surface area contributed by atoms with Crippen LogP contribution in [0.2, 0.25) is 0 Å². The number of hydrogen-bond acceptors (Lipinski definition) is 5. The van der Waals surface area contributed by atoms with Gasteiger partial charge >= 0.3 is 0 Å². The van der Waals surface area contributed by atoms with E-state index in [2.05, 4.69) is 41.5 Å². The van der Waals surface area contributed by atoms with E-state index in [-0.39, 0.29) is 5.91 Å². The van der Waals surface area contributed by atoms with Crippen molar-refractivity contribution in [2.45, 2.75) is 13.8 Å². The highest BCUT2D eigenvalue weighted by atomic mass is 79.9. The third-order valence-electron chi connectivity index (χ3n) is 3.73. The smallest absolute Gasteiger partial charge is 0.252 e. The number of hydrogen-bond donors (Lipinski definition) is 2. The van der Waals surface area contributed by atoms with Gasteiger partial charge in [-0.15, -0.1) is 0 Å². The van der Waals surface area contributed by atoms with Crippen LogP contribution in [-0.2, 0) is 0 Å². The van der Waals surface area contributed by atoms with Gasteiger partial charge in [0.15, 0.2) is 0 Å². The molecular formula is C18H19BrN6O. The Morgan fingerprint density at radius 3 is 2.73 bits per heavy atom. The third kappa shape index (κ3) is 4.26. The molecule has 2 N–H and O–H groups in total. The number of amides is 1. The topological polar surface area (TPSA) is 84.7 Å². The lowest BCUT2D eigenvalue weighted by atomic mass is 10.2. The lowest BCUT2D eigenvalue weighted by Crippen LogP contribution is -2.29. The van der Waals surface area contributed by atoms with Gasteiger partial charge in [0.25, 0.3) is 5.91 Å². The van der Waals surface area contributed by atoms with Gasteiger partial charge in [-0.2, -0.15) is 0 Å². The molecule has 0 spiro atoms. The van der Waals surface area contributed by atoms with Gasteiger partial charge < -0.3 is 10.6 Å². The number of carbonyl (C=O) groups is 1. The van der Waals surface area contributed by atoms with Crippen LogP contribution < -0.4 is 10.6 Å². The molecule has 0 fully saturated rings. The van der Waals surface area contributed by atoms with Crippen LogP contribution in [0.15, 0.2) is 47.2 Å². The van der Waals surface area contributed by atoms with E-state index in [0.717, 1.165) is 16.1 Å². The lowest BCUT2D eigenvalue weighted by molar-refractivity contribution is 0.0954. The summed E-state index contributed by atoms with van der Waals surface area (Å²) in [6, 6.07) is 9.19. The van der Waals surface area contributed by atoms with Crippen molar-refractivity contribution in [3.63, 3.8) is 0 Å². The molecule has 0 aliphatic carbocycles. The Hall–Kier alpha value is -2.74. The van der Waals surface area contributed by atoms with Gasteiger partial charge in [0, 0.05) is 36.0 Å². The Labute approximate surface area is 160 Å². The molecule has 1 aromatic carbocycles. The Bertz CT molecular complexity index is 924. The van der Waals surface area contributed by atoms with E-state index in [9.17, 15) is 4.79 Å². The van der Waals surface area contributed by atoms with Crippen molar-refractivity contribution in [1.82, 2.24) is 24.8 Å². The quantitative estimate of drug-likeness (QED) is 0.605. The number of carbonyl (C=O) groups excluding carboxylic acids is 1. The molecule has 3 aromatic rings. The average molecular weight is 415 g/mol. The van der Waals surface area contributed by atoms with Crippen LogP contribution in [-0.4, -0.2) is 38.5 Å². The van der Waals surface area contributed by atoms with Crippen LogP contribution in [0.3, 0.4) is 0 Å². The number of imidazole rings is 1. The average Bonchev–Trinajstić information content (AvgIpc) is 3.04. The number of benzene rings is 1. The van der Waals surface area contributed by atoms with Crippen molar-refractivity contribution in [2.24, 2.45) is 0 Å². The number of anilines is 1. The molecule has 134 valence electrons. The van der Waals surface area contributed by atoms with E-state index >= 15 is 0 Å². The van der Waals surface area contributed by atoms with Crippen LogP contribution in [0.1, 0.15) is 22.0 Å². The highest BCUT2D eigenvalue weighted by Gasteiger charge is 2.09. The van der Waals surface area contributed by atoms with E-state index in [1.165, 1.54) is 0 Å². The van der Waals surface area contributed by atoms with Crippen LogP contribution in [0.4, 0.5) is 5.82 Å².